The van der Waals surface area contributed by atoms with Crippen molar-refractivity contribution in [2.24, 2.45) is 0 Å². The van der Waals surface area contributed by atoms with E-state index in [1.165, 1.54) is 11.8 Å². The van der Waals surface area contributed by atoms with E-state index in [0.29, 0.717) is 16.3 Å². The van der Waals surface area contributed by atoms with Gasteiger partial charge in [0.25, 0.3) is 5.91 Å². The lowest BCUT2D eigenvalue weighted by Gasteiger charge is -2.14. The predicted molar refractivity (Wildman–Crippen MR) is 104 cm³/mol. The Hall–Kier alpha value is -2.54. The van der Waals surface area contributed by atoms with Crippen LogP contribution in [0, 0.1) is 27.7 Å². The lowest BCUT2D eigenvalue weighted by Crippen LogP contribution is -2.27. The Morgan fingerprint density at radius 3 is 2.67 bits per heavy atom. The van der Waals surface area contributed by atoms with Crippen LogP contribution in [-0.2, 0) is 5.75 Å². The van der Waals surface area contributed by atoms with Crippen molar-refractivity contribution in [3.05, 3.63) is 64.1 Å². The van der Waals surface area contributed by atoms with E-state index in [1.54, 1.807) is 18.3 Å². The average molecular weight is 385 g/mol. The summed E-state index contributed by atoms with van der Waals surface area (Å²) in [5.41, 5.74) is 3.44. The highest BCUT2D eigenvalue weighted by atomic mass is 32.2. The quantitative estimate of drug-likeness (QED) is 0.621. The number of pyridine rings is 1. The number of thioether (sulfide) groups is 1. The molecule has 0 aliphatic carbocycles. The molecule has 142 valence electrons. The van der Waals surface area contributed by atoms with Crippen molar-refractivity contribution in [2.75, 3.05) is 0 Å². The molecule has 1 atom stereocenters. The van der Waals surface area contributed by atoms with Gasteiger partial charge in [-0.1, -0.05) is 5.16 Å². The zero-order valence-corrected chi connectivity index (χ0v) is 16.9. The summed E-state index contributed by atoms with van der Waals surface area (Å²) in [6.07, 6.45) is 1.69. The highest BCUT2D eigenvalue weighted by molar-refractivity contribution is 7.98. The van der Waals surface area contributed by atoms with Crippen molar-refractivity contribution in [1.29, 1.82) is 0 Å². The van der Waals surface area contributed by atoms with E-state index in [1.807, 2.05) is 40.7 Å². The van der Waals surface area contributed by atoms with Gasteiger partial charge in [0, 0.05) is 23.1 Å². The van der Waals surface area contributed by atoms with Crippen LogP contribution in [0.2, 0.25) is 0 Å². The Labute approximate surface area is 162 Å². The van der Waals surface area contributed by atoms with Crippen LogP contribution in [0.4, 0.5) is 0 Å². The number of aryl methyl sites for hydroxylation is 4. The summed E-state index contributed by atoms with van der Waals surface area (Å²) >= 11 is 1.50. The van der Waals surface area contributed by atoms with Gasteiger partial charge in [0.05, 0.1) is 17.3 Å². The summed E-state index contributed by atoms with van der Waals surface area (Å²) < 4.78 is 10.8. The number of nitrogens with zero attached hydrogens (tertiary/aromatic N) is 2. The Balaban J connectivity index is 1.74. The molecule has 3 heterocycles. The van der Waals surface area contributed by atoms with Gasteiger partial charge < -0.3 is 14.3 Å². The summed E-state index contributed by atoms with van der Waals surface area (Å²) in [6.45, 7) is 9.55. The second-order valence-electron chi connectivity index (χ2n) is 6.51. The van der Waals surface area contributed by atoms with Gasteiger partial charge in [-0.15, -0.1) is 11.8 Å². The van der Waals surface area contributed by atoms with Gasteiger partial charge in [-0.2, -0.15) is 0 Å². The molecule has 7 heteroatoms. The molecule has 0 radical (unpaired) electrons. The first kappa shape index (κ1) is 19.2. The fourth-order valence-electron chi connectivity index (χ4n) is 2.96. The number of carbonyl (C=O) groups excluding carboxylic acids is 1. The summed E-state index contributed by atoms with van der Waals surface area (Å²) in [5, 5.41) is 7.69. The van der Waals surface area contributed by atoms with E-state index < -0.39 is 0 Å². The number of furan rings is 1. The highest BCUT2D eigenvalue weighted by Gasteiger charge is 2.19. The van der Waals surface area contributed by atoms with Gasteiger partial charge in [0.1, 0.15) is 22.3 Å². The number of nitrogens with one attached hydrogen (secondary N) is 1. The number of hydrogen-bond donors (Lipinski definition) is 1. The minimum absolute atomic E-state index is 0.157. The first-order chi connectivity index (χ1) is 12.9. The third-order valence-electron chi connectivity index (χ3n) is 4.44. The van der Waals surface area contributed by atoms with Gasteiger partial charge in [-0.05, 0) is 52.8 Å². The molecule has 0 saturated carbocycles. The Bertz CT molecular complexity index is 942. The van der Waals surface area contributed by atoms with E-state index in [2.05, 4.69) is 15.5 Å². The maximum atomic E-state index is 12.8. The summed E-state index contributed by atoms with van der Waals surface area (Å²) in [6, 6.07) is 5.36. The fraction of sp³-hybridized carbons (Fsp3) is 0.350. The molecular weight excluding hydrogens is 362 g/mol. The molecule has 1 unspecified atom stereocenters. The number of hydrogen-bond acceptors (Lipinski definition) is 6. The van der Waals surface area contributed by atoms with E-state index >= 15 is 0 Å². The largest absolute Gasteiger partial charge is 0.466 e. The summed E-state index contributed by atoms with van der Waals surface area (Å²) in [4.78, 5) is 17.2. The van der Waals surface area contributed by atoms with E-state index in [0.717, 1.165) is 34.1 Å². The van der Waals surface area contributed by atoms with Gasteiger partial charge >= 0.3 is 0 Å². The third kappa shape index (κ3) is 4.24. The predicted octanol–water partition coefficient (Wildman–Crippen LogP) is 4.68. The van der Waals surface area contributed by atoms with Gasteiger partial charge in [-0.3, -0.25) is 4.79 Å². The average Bonchev–Trinajstić information content (AvgIpc) is 3.14. The van der Waals surface area contributed by atoms with Gasteiger partial charge in [-0.25, -0.2) is 4.98 Å². The van der Waals surface area contributed by atoms with Crippen LogP contribution in [-0.4, -0.2) is 16.0 Å². The molecule has 0 aliphatic rings. The standard InChI is InChI=1S/C20H23N3O3S/c1-11-9-17(14(4)25-11)12(2)22-19(24)16-7-6-8-21-20(16)27-10-18-13(3)23-26-15(18)5/h6-9,12H,10H2,1-5H3,(H,22,24). The minimum atomic E-state index is -0.157. The van der Waals surface area contributed by atoms with Crippen LogP contribution in [0.1, 0.15) is 57.4 Å². The maximum absolute atomic E-state index is 12.8. The zero-order chi connectivity index (χ0) is 19.6. The second kappa shape index (κ2) is 8.00. The second-order valence-corrected chi connectivity index (χ2v) is 7.48. The van der Waals surface area contributed by atoms with Crippen LogP contribution in [0.15, 0.2) is 38.4 Å². The molecule has 3 aromatic rings. The van der Waals surface area contributed by atoms with Crippen LogP contribution in [0.5, 0.6) is 0 Å². The van der Waals surface area contributed by atoms with Crippen molar-refractivity contribution in [2.45, 2.75) is 51.4 Å². The minimum Gasteiger partial charge on any atom is -0.466 e. The van der Waals surface area contributed by atoms with E-state index in [9.17, 15) is 4.79 Å². The molecule has 0 fully saturated rings. The molecule has 1 amide bonds. The molecule has 27 heavy (non-hydrogen) atoms. The van der Waals surface area contributed by atoms with Crippen molar-refractivity contribution in [3.63, 3.8) is 0 Å². The Morgan fingerprint density at radius 2 is 2.04 bits per heavy atom. The molecule has 1 N–H and O–H groups in total. The lowest BCUT2D eigenvalue weighted by molar-refractivity contribution is 0.0936. The lowest BCUT2D eigenvalue weighted by atomic mass is 10.1. The normalized spacial score (nSPS) is 12.2. The number of rotatable bonds is 6. The molecule has 0 aromatic carbocycles. The van der Waals surface area contributed by atoms with E-state index in [4.69, 9.17) is 8.94 Å². The van der Waals surface area contributed by atoms with Crippen molar-refractivity contribution in [3.8, 4) is 0 Å². The molecule has 0 aliphatic heterocycles. The molecule has 0 spiro atoms. The first-order valence-electron chi connectivity index (χ1n) is 8.74. The van der Waals surface area contributed by atoms with Crippen molar-refractivity contribution < 1.29 is 13.7 Å². The van der Waals surface area contributed by atoms with Crippen LogP contribution >= 0.6 is 11.8 Å². The highest BCUT2D eigenvalue weighted by Crippen LogP contribution is 2.28. The third-order valence-corrected chi connectivity index (χ3v) is 5.48. The van der Waals surface area contributed by atoms with Crippen LogP contribution < -0.4 is 5.32 Å². The number of amides is 1. The van der Waals surface area contributed by atoms with Crippen molar-refractivity contribution >= 4 is 17.7 Å². The molecule has 3 rings (SSSR count). The smallest absolute Gasteiger partial charge is 0.254 e. The Morgan fingerprint density at radius 1 is 1.26 bits per heavy atom. The van der Waals surface area contributed by atoms with Gasteiger partial charge in [0.2, 0.25) is 0 Å². The monoisotopic (exact) mass is 385 g/mol. The van der Waals surface area contributed by atoms with Gasteiger partial charge in [0.15, 0.2) is 0 Å². The number of carbonyl (C=O) groups is 1. The zero-order valence-electron chi connectivity index (χ0n) is 16.1. The topological polar surface area (TPSA) is 81.2 Å². The molecule has 0 bridgehead atoms. The number of aromatic nitrogens is 2. The molecule has 0 saturated heterocycles. The maximum Gasteiger partial charge on any atom is 0.254 e. The van der Waals surface area contributed by atoms with Crippen LogP contribution in [0.3, 0.4) is 0 Å². The molecule has 6 nitrogen and oxygen atoms in total. The SMILES string of the molecule is Cc1cc(C(C)NC(=O)c2cccnc2SCc2c(C)noc2C)c(C)o1. The summed E-state index contributed by atoms with van der Waals surface area (Å²) in [7, 11) is 0. The summed E-state index contributed by atoms with van der Waals surface area (Å²) in [5.74, 6) is 2.94. The first-order valence-corrected chi connectivity index (χ1v) is 9.72. The molecule has 3 aromatic heterocycles. The van der Waals surface area contributed by atoms with E-state index in [-0.39, 0.29) is 11.9 Å². The Kier molecular flexibility index (Phi) is 5.70. The van der Waals surface area contributed by atoms with Crippen molar-refractivity contribution in [1.82, 2.24) is 15.5 Å². The van der Waals surface area contributed by atoms with Crippen LogP contribution in [0.25, 0.3) is 0 Å². The molecular formula is C20H23N3O3S. The fourth-order valence-corrected chi connectivity index (χ4v) is 4.10.